The molecule has 0 atom stereocenters. The number of furan rings is 1. The monoisotopic (exact) mass is 388 g/mol. The zero-order valence-corrected chi connectivity index (χ0v) is 16.6. The highest BCUT2D eigenvalue weighted by atomic mass is 16.3. The lowest BCUT2D eigenvalue weighted by Gasteiger charge is -2.11. The van der Waals surface area contributed by atoms with Gasteiger partial charge in [-0.05, 0) is 37.6 Å². The van der Waals surface area contributed by atoms with Crippen LogP contribution in [0.1, 0.15) is 23.8 Å². The lowest BCUT2D eigenvalue weighted by Crippen LogP contribution is -2.36. The summed E-state index contributed by atoms with van der Waals surface area (Å²) in [6.07, 6.45) is 3.21. The summed E-state index contributed by atoms with van der Waals surface area (Å²) in [6, 6.07) is 16.2. The number of para-hydroxylation sites is 1. The van der Waals surface area contributed by atoms with Crippen LogP contribution in [0.15, 0.2) is 70.6 Å². The molecule has 0 aliphatic carbocycles. The molecule has 2 aromatic carbocycles. The average molecular weight is 388 g/mol. The van der Waals surface area contributed by atoms with Gasteiger partial charge in [-0.15, -0.1) is 0 Å². The van der Waals surface area contributed by atoms with Gasteiger partial charge >= 0.3 is 0 Å². The number of nitrogens with zero attached hydrogens (tertiary/aromatic N) is 4. The lowest BCUT2D eigenvalue weighted by atomic mass is 10.1. The Balaban J connectivity index is 1.42. The quantitative estimate of drug-likeness (QED) is 0.390. The molecule has 148 valence electrons. The van der Waals surface area contributed by atoms with Gasteiger partial charge in [0, 0.05) is 17.5 Å². The molecule has 2 aromatic heterocycles. The number of benzene rings is 2. The van der Waals surface area contributed by atoms with Crippen molar-refractivity contribution in [3.05, 3.63) is 78.1 Å². The summed E-state index contributed by atoms with van der Waals surface area (Å²) in [5.41, 5.74) is 4.16. The van der Waals surface area contributed by atoms with Crippen LogP contribution in [0.5, 0.6) is 0 Å². The summed E-state index contributed by atoms with van der Waals surface area (Å²) in [5.74, 6) is 1.68. The summed E-state index contributed by atoms with van der Waals surface area (Å²) in [5, 5.41) is 11.9. The molecule has 7 nitrogen and oxygen atoms in total. The van der Waals surface area contributed by atoms with Crippen molar-refractivity contribution in [2.24, 2.45) is 4.99 Å². The maximum atomic E-state index is 5.98. The Labute approximate surface area is 169 Å². The van der Waals surface area contributed by atoms with Crippen LogP contribution in [0.25, 0.3) is 16.7 Å². The first-order valence-electron chi connectivity index (χ1n) is 9.67. The standard InChI is InChI=1S/C22H24N6O/c1-3-24-22(26-13-21-16(2)19-6-4-5-7-20(19)29-21)25-12-17-8-10-18(11-9-17)28-15-23-14-27-28/h4-11,14-15H,3,12-13H2,1-2H3,(H2,24,25,26). The minimum absolute atomic E-state index is 0.575. The lowest BCUT2D eigenvalue weighted by molar-refractivity contribution is 0.534. The van der Waals surface area contributed by atoms with Gasteiger partial charge in [-0.2, -0.15) is 5.10 Å². The zero-order chi connectivity index (χ0) is 20.1. The summed E-state index contributed by atoms with van der Waals surface area (Å²) >= 11 is 0. The molecule has 0 saturated carbocycles. The third-order valence-corrected chi connectivity index (χ3v) is 4.74. The molecule has 4 aromatic rings. The Morgan fingerprint density at radius 2 is 1.93 bits per heavy atom. The van der Waals surface area contributed by atoms with Crippen molar-refractivity contribution in [2.75, 3.05) is 6.54 Å². The molecule has 0 saturated heterocycles. The Morgan fingerprint density at radius 3 is 2.66 bits per heavy atom. The molecule has 29 heavy (non-hydrogen) atoms. The van der Waals surface area contributed by atoms with Crippen LogP contribution < -0.4 is 10.6 Å². The average Bonchev–Trinajstić information content (AvgIpc) is 3.39. The molecule has 0 bridgehead atoms. The third kappa shape index (κ3) is 4.29. The Bertz CT molecular complexity index is 1100. The van der Waals surface area contributed by atoms with Gasteiger partial charge in [0.05, 0.1) is 18.8 Å². The predicted molar refractivity (Wildman–Crippen MR) is 114 cm³/mol. The predicted octanol–water partition coefficient (Wildman–Crippen LogP) is 3.58. The summed E-state index contributed by atoms with van der Waals surface area (Å²) in [7, 11) is 0. The van der Waals surface area contributed by atoms with Crippen LogP contribution in [-0.2, 0) is 13.1 Å². The molecule has 2 N–H and O–H groups in total. The molecule has 0 aliphatic rings. The summed E-state index contributed by atoms with van der Waals surface area (Å²) < 4.78 is 7.71. The van der Waals surface area contributed by atoms with Crippen LogP contribution in [0.2, 0.25) is 0 Å². The second-order valence-corrected chi connectivity index (χ2v) is 6.70. The summed E-state index contributed by atoms with van der Waals surface area (Å²) in [6.45, 7) is 6.08. The van der Waals surface area contributed by atoms with E-state index in [-0.39, 0.29) is 0 Å². The molecule has 0 unspecified atom stereocenters. The van der Waals surface area contributed by atoms with E-state index in [4.69, 9.17) is 9.41 Å². The number of aryl methyl sites for hydroxylation is 1. The second kappa shape index (κ2) is 8.60. The van der Waals surface area contributed by atoms with Crippen molar-refractivity contribution in [3.63, 3.8) is 0 Å². The van der Waals surface area contributed by atoms with Gasteiger partial charge in [0.2, 0.25) is 0 Å². The molecule has 4 rings (SSSR count). The van der Waals surface area contributed by atoms with Crippen LogP contribution in [-0.4, -0.2) is 27.3 Å². The molecular weight excluding hydrogens is 364 g/mol. The van der Waals surface area contributed by atoms with E-state index >= 15 is 0 Å². The normalized spacial score (nSPS) is 11.7. The van der Waals surface area contributed by atoms with E-state index in [0.717, 1.165) is 46.0 Å². The van der Waals surface area contributed by atoms with Crippen LogP contribution in [0, 0.1) is 6.92 Å². The topological polar surface area (TPSA) is 80.3 Å². The maximum Gasteiger partial charge on any atom is 0.191 e. The Kier molecular flexibility index (Phi) is 5.56. The van der Waals surface area contributed by atoms with E-state index < -0.39 is 0 Å². The van der Waals surface area contributed by atoms with Crippen molar-refractivity contribution in [2.45, 2.75) is 26.9 Å². The van der Waals surface area contributed by atoms with Crippen LogP contribution >= 0.6 is 0 Å². The van der Waals surface area contributed by atoms with Gasteiger partial charge in [-0.25, -0.2) is 14.7 Å². The highest BCUT2D eigenvalue weighted by molar-refractivity contribution is 5.83. The number of hydrogen-bond donors (Lipinski definition) is 2. The van der Waals surface area contributed by atoms with Crippen LogP contribution in [0.4, 0.5) is 0 Å². The highest BCUT2D eigenvalue weighted by Gasteiger charge is 2.10. The smallest absolute Gasteiger partial charge is 0.191 e. The van der Waals surface area contributed by atoms with Gasteiger partial charge < -0.3 is 15.1 Å². The minimum atomic E-state index is 0.575. The SMILES string of the molecule is CCNC(=NCc1ccc(-n2cncn2)cc1)NCc1oc2ccccc2c1C. The molecular formula is C22H24N6O. The van der Waals surface area contributed by atoms with Crippen molar-refractivity contribution in [1.82, 2.24) is 25.4 Å². The first-order chi connectivity index (χ1) is 14.2. The molecule has 0 spiro atoms. The largest absolute Gasteiger partial charge is 0.459 e. The summed E-state index contributed by atoms with van der Waals surface area (Å²) in [4.78, 5) is 8.66. The second-order valence-electron chi connectivity index (χ2n) is 6.70. The van der Waals surface area contributed by atoms with Gasteiger partial charge in [0.25, 0.3) is 0 Å². The number of nitrogens with one attached hydrogen (secondary N) is 2. The number of guanidine groups is 1. The van der Waals surface area contributed by atoms with E-state index in [1.54, 1.807) is 11.0 Å². The molecule has 0 radical (unpaired) electrons. The van der Waals surface area contributed by atoms with Crippen molar-refractivity contribution in [3.8, 4) is 5.69 Å². The molecule has 7 heteroatoms. The number of hydrogen-bond acceptors (Lipinski definition) is 4. The van der Waals surface area contributed by atoms with E-state index in [1.807, 2.05) is 42.5 Å². The fourth-order valence-electron chi connectivity index (χ4n) is 3.17. The van der Waals surface area contributed by atoms with Crippen LogP contribution in [0.3, 0.4) is 0 Å². The van der Waals surface area contributed by atoms with E-state index in [9.17, 15) is 0 Å². The Hall–Kier alpha value is -3.61. The number of fused-ring (bicyclic) bond motifs is 1. The van der Waals surface area contributed by atoms with Gasteiger partial charge in [0.1, 0.15) is 24.0 Å². The van der Waals surface area contributed by atoms with Crippen molar-refractivity contribution < 1.29 is 4.42 Å². The number of aromatic nitrogens is 3. The zero-order valence-electron chi connectivity index (χ0n) is 16.6. The fraction of sp³-hybridized carbons (Fsp3) is 0.227. The number of rotatable bonds is 6. The fourth-order valence-corrected chi connectivity index (χ4v) is 3.17. The first-order valence-corrected chi connectivity index (χ1v) is 9.67. The number of aliphatic imine (C=N–C) groups is 1. The van der Waals surface area contributed by atoms with Gasteiger partial charge in [-0.1, -0.05) is 30.3 Å². The third-order valence-electron chi connectivity index (χ3n) is 4.74. The Morgan fingerprint density at radius 1 is 1.10 bits per heavy atom. The maximum absolute atomic E-state index is 5.98. The minimum Gasteiger partial charge on any atom is -0.459 e. The first kappa shape index (κ1) is 18.7. The van der Waals surface area contributed by atoms with E-state index in [1.165, 1.54) is 6.33 Å². The molecule has 0 amide bonds. The van der Waals surface area contributed by atoms with Gasteiger partial charge in [0.15, 0.2) is 5.96 Å². The van der Waals surface area contributed by atoms with Crippen molar-refractivity contribution >= 4 is 16.9 Å². The van der Waals surface area contributed by atoms with Gasteiger partial charge in [-0.3, -0.25) is 0 Å². The molecule has 0 aliphatic heterocycles. The van der Waals surface area contributed by atoms with Crippen molar-refractivity contribution in [1.29, 1.82) is 0 Å². The van der Waals surface area contributed by atoms with E-state index in [2.05, 4.69) is 40.6 Å². The molecule has 0 fully saturated rings. The highest BCUT2D eigenvalue weighted by Crippen LogP contribution is 2.24. The molecule has 2 heterocycles. The van der Waals surface area contributed by atoms with E-state index in [0.29, 0.717) is 13.1 Å².